The Balaban J connectivity index is 1.38. The number of phenolic OH excluding ortho intramolecular Hbond substituents is 1. The molecular weight excluding hydrogens is 396 g/mol. The first kappa shape index (κ1) is 20.8. The molecule has 1 amide bonds. The van der Waals surface area contributed by atoms with Gasteiger partial charge >= 0.3 is 0 Å². The summed E-state index contributed by atoms with van der Waals surface area (Å²) < 4.78 is 7.56. The molecule has 1 aliphatic rings. The first-order valence-corrected chi connectivity index (χ1v) is 10.4. The zero-order valence-electron chi connectivity index (χ0n) is 17.5. The monoisotopic (exact) mass is 422 g/mol. The van der Waals surface area contributed by atoms with Crippen molar-refractivity contribution in [2.45, 2.75) is 33.0 Å². The summed E-state index contributed by atoms with van der Waals surface area (Å²) in [5, 5.41) is 21.9. The van der Waals surface area contributed by atoms with E-state index >= 15 is 0 Å². The Morgan fingerprint density at radius 3 is 2.87 bits per heavy atom. The number of nitrogens with one attached hydrogen (secondary N) is 1. The Morgan fingerprint density at radius 1 is 1.16 bits per heavy atom. The highest BCUT2D eigenvalue weighted by molar-refractivity contribution is 5.92. The smallest absolute Gasteiger partial charge is 0.270 e. The van der Waals surface area contributed by atoms with Gasteiger partial charge in [-0.25, -0.2) is 0 Å². The summed E-state index contributed by atoms with van der Waals surface area (Å²) in [6.07, 6.45) is 2.33. The molecule has 0 saturated heterocycles. The highest BCUT2D eigenvalue weighted by atomic mass is 16.5. The third-order valence-electron chi connectivity index (χ3n) is 5.28. The van der Waals surface area contributed by atoms with E-state index in [2.05, 4.69) is 30.0 Å². The minimum atomic E-state index is -0.238. The topological polar surface area (TPSA) is 105 Å². The van der Waals surface area contributed by atoms with Crippen LogP contribution in [0.15, 0.2) is 42.6 Å². The van der Waals surface area contributed by atoms with Crippen molar-refractivity contribution in [1.29, 1.82) is 0 Å². The number of aromatic hydroxyl groups is 1. The molecule has 0 saturated carbocycles. The van der Waals surface area contributed by atoms with Crippen LogP contribution >= 0.6 is 0 Å². The van der Waals surface area contributed by atoms with Crippen molar-refractivity contribution in [3.63, 3.8) is 0 Å². The number of aromatic nitrogens is 4. The largest absolute Gasteiger partial charge is 0.504 e. The van der Waals surface area contributed by atoms with Crippen molar-refractivity contribution in [3.05, 3.63) is 65.5 Å². The maximum absolute atomic E-state index is 12.3. The van der Waals surface area contributed by atoms with Gasteiger partial charge in [-0.3, -0.25) is 14.7 Å². The predicted molar refractivity (Wildman–Crippen MR) is 114 cm³/mol. The second-order valence-corrected chi connectivity index (χ2v) is 7.30. The molecule has 162 valence electrons. The number of carbonyl (C=O) groups is 1. The number of benzene rings is 1. The van der Waals surface area contributed by atoms with Crippen molar-refractivity contribution in [3.8, 4) is 11.5 Å². The van der Waals surface area contributed by atoms with E-state index < -0.39 is 0 Å². The van der Waals surface area contributed by atoms with Crippen molar-refractivity contribution in [2.24, 2.45) is 0 Å². The number of amides is 1. The fraction of sp³-hybridized carbons (Fsp3) is 0.364. The minimum absolute atomic E-state index is 0.200. The molecule has 31 heavy (non-hydrogen) atoms. The Morgan fingerprint density at radius 2 is 2.06 bits per heavy atom. The summed E-state index contributed by atoms with van der Waals surface area (Å²) in [6, 6.07) is 10.8. The lowest BCUT2D eigenvalue weighted by molar-refractivity contribution is 0.0944. The number of hydrogen-bond acceptors (Lipinski definition) is 7. The van der Waals surface area contributed by atoms with E-state index in [1.807, 2.05) is 19.1 Å². The standard InChI is InChI=1S/C22H26N6O3/c1-2-31-18-8-5-6-16(21(18)29)15-27-11-9-19-25-26-20(28(19)13-12-27)14-24-22(30)17-7-3-4-10-23-17/h3-8,10,29H,2,9,11-15H2,1H3,(H,24,30). The van der Waals surface area contributed by atoms with Gasteiger partial charge in [-0.1, -0.05) is 18.2 Å². The number of ether oxygens (including phenoxy) is 1. The summed E-state index contributed by atoms with van der Waals surface area (Å²) in [5.74, 6) is 2.10. The normalized spacial score (nSPS) is 14.0. The van der Waals surface area contributed by atoms with Crippen molar-refractivity contribution in [1.82, 2.24) is 30.0 Å². The van der Waals surface area contributed by atoms with Crippen LogP contribution in [-0.2, 0) is 26.1 Å². The predicted octanol–water partition coefficient (Wildman–Crippen LogP) is 1.77. The fourth-order valence-corrected chi connectivity index (χ4v) is 3.67. The second-order valence-electron chi connectivity index (χ2n) is 7.30. The number of hydrogen-bond donors (Lipinski definition) is 2. The average Bonchev–Trinajstić information content (AvgIpc) is 3.07. The number of nitrogens with zero attached hydrogens (tertiary/aromatic N) is 5. The van der Waals surface area contributed by atoms with Crippen LogP contribution < -0.4 is 10.1 Å². The van der Waals surface area contributed by atoms with E-state index in [0.29, 0.717) is 37.7 Å². The first-order chi connectivity index (χ1) is 15.2. The third-order valence-corrected chi connectivity index (χ3v) is 5.28. The van der Waals surface area contributed by atoms with Crippen LogP contribution in [-0.4, -0.2) is 55.4 Å². The van der Waals surface area contributed by atoms with Gasteiger partial charge in [-0.05, 0) is 25.1 Å². The minimum Gasteiger partial charge on any atom is -0.504 e. The molecule has 2 N–H and O–H groups in total. The summed E-state index contributed by atoms with van der Waals surface area (Å²) in [6.45, 7) is 5.61. The van der Waals surface area contributed by atoms with Gasteiger partial charge in [0.25, 0.3) is 5.91 Å². The summed E-state index contributed by atoms with van der Waals surface area (Å²) >= 11 is 0. The van der Waals surface area contributed by atoms with Gasteiger partial charge in [0, 0.05) is 44.4 Å². The zero-order valence-corrected chi connectivity index (χ0v) is 17.5. The van der Waals surface area contributed by atoms with E-state index in [1.54, 1.807) is 30.5 Å². The van der Waals surface area contributed by atoms with Crippen LogP contribution in [0, 0.1) is 0 Å². The van der Waals surface area contributed by atoms with Crippen LogP contribution in [0.1, 0.15) is 34.6 Å². The molecule has 1 aromatic carbocycles. The van der Waals surface area contributed by atoms with Gasteiger partial charge in [0.05, 0.1) is 13.2 Å². The molecule has 0 unspecified atom stereocenters. The maximum atomic E-state index is 12.3. The summed E-state index contributed by atoms with van der Waals surface area (Å²) in [5.41, 5.74) is 1.21. The van der Waals surface area contributed by atoms with Gasteiger partial charge < -0.3 is 19.7 Å². The van der Waals surface area contributed by atoms with Crippen LogP contribution in [0.4, 0.5) is 0 Å². The Kier molecular flexibility index (Phi) is 6.42. The zero-order chi connectivity index (χ0) is 21.6. The quantitative estimate of drug-likeness (QED) is 0.598. The fourth-order valence-electron chi connectivity index (χ4n) is 3.67. The van der Waals surface area contributed by atoms with Crippen LogP contribution in [0.3, 0.4) is 0 Å². The van der Waals surface area contributed by atoms with Gasteiger partial charge in [-0.15, -0.1) is 10.2 Å². The van der Waals surface area contributed by atoms with Crippen molar-refractivity contribution < 1.29 is 14.6 Å². The highest BCUT2D eigenvalue weighted by Gasteiger charge is 2.20. The van der Waals surface area contributed by atoms with Gasteiger partial charge in [-0.2, -0.15) is 0 Å². The van der Waals surface area contributed by atoms with Gasteiger partial charge in [0.1, 0.15) is 11.5 Å². The molecule has 0 radical (unpaired) electrons. The molecule has 3 heterocycles. The number of para-hydroxylation sites is 1. The van der Waals surface area contributed by atoms with E-state index in [0.717, 1.165) is 36.7 Å². The molecule has 9 nitrogen and oxygen atoms in total. The Labute approximate surface area is 180 Å². The molecule has 4 rings (SSSR count). The molecular formula is C22H26N6O3. The molecule has 2 aromatic heterocycles. The highest BCUT2D eigenvalue weighted by Crippen LogP contribution is 2.30. The molecule has 0 bridgehead atoms. The van der Waals surface area contributed by atoms with Crippen LogP contribution in [0.25, 0.3) is 0 Å². The average molecular weight is 422 g/mol. The Hall–Kier alpha value is -3.46. The number of rotatable bonds is 7. The number of phenols is 1. The molecule has 0 atom stereocenters. The maximum Gasteiger partial charge on any atom is 0.270 e. The summed E-state index contributed by atoms with van der Waals surface area (Å²) in [4.78, 5) is 18.6. The third kappa shape index (κ3) is 4.83. The van der Waals surface area contributed by atoms with E-state index in [4.69, 9.17) is 4.74 Å². The molecule has 0 spiro atoms. The molecule has 3 aromatic rings. The van der Waals surface area contributed by atoms with Crippen molar-refractivity contribution in [2.75, 3.05) is 19.7 Å². The number of pyridine rings is 1. The van der Waals surface area contributed by atoms with E-state index in [1.165, 1.54) is 0 Å². The van der Waals surface area contributed by atoms with E-state index in [9.17, 15) is 9.90 Å². The van der Waals surface area contributed by atoms with E-state index in [-0.39, 0.29) is 11.7 Å². The molecule has 0 aliphatic carbocycles. The van der Waals surface area contributed by atoms with Crippen LogP contribution in [0.2, 0.25) is 0 Å². The van der Waals surface area contributed by atoms with Gasteiger partial charge in [0.2, 0.25) is 0 Å². The molecule has 9 heteroatoms. The lowest BCUT2D eigenvalue weighted by atomic mass is 10.1. The summed E-state index contributed by atoms with van der Waals surface area (Å²) in [7, 11) is 0. The lowest BCUT2D eigenvalue weighted by Crippen LogP contribution is -2.28. The van der Waals surface area contributed by atoms with Crippen molar-refractivity contribution >= 4 is 5.91 Å². The lowest BCUT2D eigenvalue weighted by Gasteiger charge is -2.21. The van der Waals surface area contributed by atoms with Gasteiger partial charge in [0.15, 0.2) is 17.3 Å². The second kappa shape index (κ2) is 9.57. The first-order valence-electron chi connectivity index (χ1n) is 10.4. The number of carbonyl (C=O) groups excluding carboxylic acids is 1. The van der Waals surface area contributed by atoms with Crippen LogP contribution in [0.5, 0.6) is 11.5 Å². The molecule has 1 aliphatic heterocycles. The number of fused-ring (bicyclic) bond motifs is 1. The Bertz CT molecular complexity index is 1040. The molecule has 0 fully saturated rings. The SMILES string of the molecule is CCOc1cccc(CN2CCc3nnc(CNC(=O)c4ccccn4)n3CC2)c1O.